The summed E-state index contributed by atoms with van der Waals surface area (Å²) in [4.78, 5) is 23.0. The minimum Gasteiger partial charge on any atom is -0.434 e. The van der Waals surface area contributed by atoms with Crippen molar-refractivity contribution in [1.29, 1.82) is 0 Å². The number of hydrogen-bond acceptors (Lipinski definition) is 7. The van der Waals surface area contributed by atoms with Gasteiger partial charge in [0.05, 0.1) is 4.92 Å². The van der Waals surface area contributed by atoms with Gasteiger partial charge in [0.15, 0.2) is 0 Å². The molecule has 0 saturated heterocycles. The van der Waals surface area contributed by atoms with Crippen molar-refractivity contribution in [2.75, 3.05) is 5.32 Å². The lowest BCUT2D eigenvalue weighted by Crippen LogP contribution is -2.07. The van der Waals surface area contributed by atoms with Crippen LogP contribution in [0.15, 0.2) is 49.1 Å². The lowest BCUT2D eigenvalue weighted by molar-refractivity contribution is -0.385. The highest BCUT2D eigenvalue weighted by Crippen LogP contribution is 2.34. The zero-order valence-corrected chi connectivity index (χ0v) is 14.3. The fourth-order valence-corrected chi connectivity index (χ4v) is 2.52. The van der Waals surface area contributed by atoms with Crippen molar-refractivity contribution >= 4 is 11.5 Å². The van der Waals surface area contributed by atoms with Gasteiger partial charge in [0, 0.05) is 18.9 Å². The number of ether oxygens (including phenoxy) is 1. The van der Waals surface area contributed by atoms with Gasteiger partial charge in [0.25, 0.3) is 0 Å². The molecule has 8 heteroatoms. The van der Waals surface area contributed by atoms with Crippen LogP contribution in [-0.4, -0.2) is 19.9 Å². The van der Waals surface area contributed by atoms with Crippen molar-refractivity contribution in [2.45, 2.75) is 20.4 Å². The van der Waals surface area contributed by atoms with E-state index >= 15 is 0 Å². The van der Waals surface area contributed by atoms with E-state index < -0.39 is 4.92 Å². The molecular formula is C18H17N5O3. The summed E-state index contributed by atoms with van der Waals surface area (Å²) in [5.74, 6) is 0.472. The minimum atomic E-state index is -0.552. The van der Waals surface area contributed by atoms with Gasteiger partial charge in [0.2, 0.25) is 5.82 Å². The highest BCUT2D eigenvalue weighted by Gasteiger charge is 2.25. The summed E-state index contributed by atoms with van der Waals surface area (Å²) in [5, 5.41) is 14.5. The Morgan fingerprint density at radius 3 is 2.62 bits per heavy atom. The summed E-state index contributed by atoms with van der Waals surface area (Å²) in [7, 11) is 0. The van der Waals surface area contributed by atoms with Crippen LogP contribution in [0, 0.1) is 24.0 Å². The SMILES string of the molecule is Cc1cc(C)cc(Oc2ncnc(NCc3cccnc3)c2[N+](=O)[O-])c1. The van der Waals surface area contributed by atoms with Crippen LogP contribution < -0.4 is 10.1 Å². The van der Waals surface area contributed by atoms with Crippen LogP contribution in [0.1, 0.15) is 16.7 Å². The lowest BCUT2D eigenvalue weighted by atomic mass is 10.1. The number of aryl methyl sites for hydroxylation is 2. The summed E-state index contributed by atoms with van der Waals surface area (Å²) in [6.07, 6.45) is 4.57. The first-order valence-electron chi connectivity index (χ1n) is 7.91. The number of rotatable bonds is 6. The van der Waals surface area contributed by atoms with Crippen molar-refractivity contribution in [2.24, 2.45) is 0 Å². The van der Waals surface area contributed by atoms with Crippen LogP contribution in [0.25, 0.3) is 0 Å². The Hall–Kier alpha value is -3.55. The maximum Gasteiger partial charge on any atom is 0.373 e. The first kappa shape index (κ1) is 17.3. The molecular weight excluding hydrogens is 334 g/mol. The number of nitro groups is 1. The molecule has 2 aromatic heterocycles. The molecule has 0 spiro atoms. The van der Waals surface area contributed by atoms with E-state index in [1.54, 1.807) is 30.6 Å². The van der Waals surface area contributed by atoms with E-state index in [1.807, 2.05) is 26.0 Å². The number of benzene rings is 1. The highest BCUT2D eigenvalue weighted by molar-refractivity contribution is 5.62. The van der Waals surface area contributed by atoms with Crippen LogP contribution in [0.5, 0.6) is 11.6 Å². The Labute approximate surface area is 150 Å². The lowest BCUT2D eigenvalue weighted by Gasteiger charge is -2.10. The molecule has 8 nitrogen and oxygen atoms in total. The maximum absolute atomic E-state index is 11.6. The van der Waals surface area contributed by atoms with E-state index in [9.17, 15) is 10.1 Å². The highest BCUT2D eigenvalue weighted by atomic mass is 16.6. The topological polar surface area (TPSA) is 103 Å². The summed E-state index contributed by atoms with van der Waals surface area (Å²) < 4.78 is 5.68. The van der Waals surface area contributed by atoms with E-state index in [-0.39, 0.29) is 17.4 Å². The van der Waals surface area contributed by atoms with Gasteiger partial charge in [-0.05, 0) is 48.7 Å². The van der Waals surface area contributed by atoms with Gasteiger partial charge >= 0.3 is 11.6 Å². The second kappa shape index (κ2) is 7.56. The second-order valence-corrected chi connectivity index (χ2v) is 5.77. The predicted octanol–water partition coefficient (Wildman–Crippen LogP) is 3.80. The smallest absolute Gasteiger partial charge is 0.373 e. The summed E-state index contributed by atoms with van der Waals surface area (Å²) in [5.41, 5.74) is 2.55. The van der Waals surface area contributed by atoms with E-state index in [0.717, 1.165) is 16.7 Å². The van der Waals surface area contributed by atoms with Crippen LogP contribution >= 0.6 is 0 Å². The molecule has 1 N–H and O–H groups in total. The molecule has 0 aliphatic rings. The molecule has 26 heavy (non-hydrogen) atoms. The van der Waals surface area contributed by atoms with Gasteiger partial charge in [-0.25, -0.2) is 4.98 Å². The number of nitrogens with one attached hydrogen (secondary N) is 1. The van der Waals surface area contributed by atoms with E-state index in [1.165, 1.54) is 6.33 Å². The fourth-order valence-electron chi connectivity index (χ4n) is 2.52. The Kier molecular flexibility index (Phi) is 5.02. The Morgan fingerprint density at radius 1 is 1.19 bits per heavy atom. The van der Waals surface area contributed by atoms with Crippen LogP contribution in [-0.2, 0) is 6.54 Å². The largest absolute Gasteiger partial charge is 0.434 e. The van der Waals surface area contributed by atoms with Gasteiger partial charge in [-0.2, -0.15) is 4.98 Å². The number of aromatic nitrogens is 3. The van der Waals surface area contributed by atoms with Gasteiger partial charge in [0.1, 0.15) is 12.1 Å². The Morgan fingerprint density at radius 2 is 1.96 bits per heavy atom. The second-order valence-electron chi connectivity index (χ2n) is 5.77. The molecule has 0 atom stereocenters. The molecule has 2 heterocycles. The monoisotopic (exact) mass is 351 g/mol. The summed E-state index contributed by atoms with van der Waals surface area (Å²) in [6, 6.07) is 9.23. The number of anilines is 1. The van der Waals surface area contributed by atoms with Gasteiger partial charge in [-0.15, -0.1) is 0 Å². The molecule has 0 aliphatic heterocycles. The molecule has 3 rings (SSSR count). The number of nitrogens with zero attached hydrogens (tertiary/aromatic N) is 4. The van der Waals surface area contributed by atoms with Crippen molar-refractivity contribution in [3.05, 3.63) is 75.9 Å². The third kappa shape index (κ3) is 4.10. The zero-order chi connectivity index (χ0) is 18.5. The van der Waals surface area contributed by atoms with E-state index in [2.05, 4.69) is 20.3 Å². The summed E-state index contributed by atoms with van der Waals surface area (Å²) >= 11 is 0. The van der Waals surface area contributed by atoms with Crippen LogP contribution in [0.3, 0.4) is 0 Å². The first-order chi connectivity index (χ1) is 12.5. The molecule has 0 amide bonds. The minimum absolute atomic E-state index is 0.0910. The molecule has 0 saturated carbocycles. The van der Waals surface area contributed by atoms with Crippen molar-refractivity contribution in [3.63, 3.8) is 0 Å². The molecule has 3 aromatic rings. The standard InChI is InChI=1S/C18H17N5O3/c1-12-6-13(2)8-15(7-12)26-18-16(23(24)25)17(21-11-22-18)20-10-14-4-3-5-19-9-14/h3-9,11H,10H2,1-2H3,(H,20,21,22). The Balaban J connectivity index is 1.89. The van der Waals surface area contributed by atoms with Gasteiger partial charge in [-0.3, -0.25) is 15.1 Å². The molecule has 1 aromatic carbocycles. The predicted molar refractivity (Wildman–Crippen MR) is 96.2 cm³/mol. The van der Waals surface area contributed by atoms with E-state index in [4.69, 9.17) is 4.74 Å². The third-order valence-electron chi connectivity index (χ3n) is 3.56. The zero-order valence-electron chi connectivity index (χ0n) is 14.3. The van der Waals surface area contributed by atoms with E-state index in [0.29, 0.717) is 12.3 Å². The van der Waals surface area contributed by atoms with Crippen molar-refractivity contribution in [1.82, 2.24) is 15.0 Å². The Bertz CT molecular complexity index is 911. The third-order valence-corrected chi connectivity index (χ3v) is 3.56. The van der Waals surface area contributed by atoms with Gasteiger partial charge < -0.3 is 10.1 Å². The fraction of sp³-hybridized carbons (Fsp3) is 0.167. The molecule has 0 radical (unpaired) electrons. The molecule has 0 unspecified atom stereocenters. The maximum atomic E-state index is 11.6. The van der Waals surface area contributed by atoms with Crippen LogP contribution in [0.4, 0.5) is 11.5 Å². The molecule has 0 bridgehead atoms. The number of hydrogen-bond donors (Lipinski definition) is 1. The molecule has 132 valence electrons. The quantitative estimate of drug-likeness (QED) is 0.532. The molecule has 0 fully saturated rings. The average molecular weight is 351 g/mol. The van der Waals surface area contributed by atoms with Crippen molar-refractivity contribution < 1.29 is 9.66 Å². The summed E-state index contributed by atoms with van der Waals surface area (Å²) in [6.45, 7) is 4.19. The van der Waals surface area contributed by atoms with Gasteiger partial charge in [-0.1, -0.05) is 12.1 Å². The normalized spacial score (nSPS) is 10.4. The average Bonchev–Trinajstić information content (AvgIpc) is 2.60. The van der Waals surface area contributed by atoms with Crippen molar-refractivity contribution in [3.8, 4) is 11.6 Å². The number of pyridine rings is 1. The first-order valence-corrected chi connectivity index (χ1v) is 7.91. The molecule has 0 aliphatic carbocycles. The van der Waals surface area contributed by atoms with Crippen LogP contribution in [0.2, 0.25) is 0 Å².